The van der Waals surface area contributed by atoms with E-state index in [9.17, 15) is 12.8 Å². The first-order chi connectivity index (χ1) is 20.1. The molecule has 0 spiro atoms. The molecule has 0 atom stereocenters. The van der Waals surface area contributed by atoms with Crippen molar-refractivity contribution in [2.45, 2.75) is 26.4 Å². The standard InChI is InChI=1S/C29H26F2N8O2S/c1-15(2)35-20-11-18(13-32-14-20)21-4-5-22-24(25(21)31)28(39-38-22)29-36-23-6-7-33-26(27(23)37-29)17-8-16(9-19(30)10-17)12-34-42(3,40)41/h4-11,13-15,34-35H,12H2,1-3H3,(H,36,37)(H,38,39). The van der Waals surface area contributed by atoms with E-state index in [1.165, 1.54) is 12.1 Å². The van der Waals surface area contributed by atoms with E-state index in [0.717, 1.165) is 11.9 Å². The number of imidazole rings is 1. The summed E-state index contributed by atoms with van der Waals surface area (Å²) < 4.78 is 56.1. The van der Waals surface area contributed by atoms with Gasteiger partial charge in [0.1, 0.15) is 22.8 Å². The SMILES string of the molecule is CC(C)Nc1cncc(-c2ccc3[nH]nc(-c4nc5c(-c6cc(F)cc(CNS(C)(=O)=O)c6)nccc5[nH]4)c3c2F)c1. The zero-order chi connectivity index (χ0) is 29.6. The molecule has 0 unspecified atom stereocenters. The number of rotatable bonds is 8. The van der Waals surface area contributed by atoms with Crippen LogP contribution in [0.25, 0.3) is 55.8 Å². The van der Waals surface area contributed by atoms with Crippen molar-refractivity contribution in [3.8, 4) is 33.9 Å². The van der Waals surface area contributed by atoms with Gasteiger partial charge in [-0.2, -0.15) is 5.10 Å². The van der Waals surface area contributed by atoms with Gasteiger partial charge in [-0.25, -0.2) is 26.9 Å². The Kier molecular flexibility index (Phi) is 6.91. The highest BCUT2D eigenvalue weighted by Crippen LogP contribution is 2.35. The summed E-state index contributed by atoms with van der Waals surface area (Å²) in [6, 6.07) is 11.3. The van der Waals surface area contributed by atoms with Crippen LogP contribution in [0.5, 0.6) is 0 Å². The Labute approximate surface area is 239 Å². The smallest absolute Gasteiger partial charge is 0.209 e. The summed E-state index contributed by atoms with van der Waals surface area (Å²) in [5.74, 6) is -0.737. The van der Waals surface area contributed by atoms with Gasteiger partial charge in [0.2, 0.25) is 10.0 Å². The summed E-state index contributed by atoms with van der Waals surface area (Å²) in [7, 11) is -3.47. The molecule has 0 aliphatic heterocycles. The van der Waals surface area contributed by atoms with E-state index in [1.54, 1.807) is 42.9 Å². The highest BCUT2D eigenvalue weighted by Gasteiger charge is 2.21. The van der Waals surface area contributed by atoms with Crippen LogP contribution in [0.3, 0.4) is 0 Å². The second-order valence-corrected chi connectivity index (χ2v) is 12.1. The highest BCUT2D eigenvalue weighted by molar-refractivity contribution is 7.88. The van der Waals surface area contributed by atoms with Gasteiger partial charge in [-0.1, -0.05) is 0 Å². The lowest BCUT2D eigenvalue weighted by Crippen LogP contribution is -2.21. The maximum Gasteiger partial charge on any atom is 0.209 e. The van der Waals surface area contributed by atoms with Gasteiger partial charge in [0.05, 0.1) is 34.1 Å². The topological polar surface area (TPSA) is 141 Å². The third-order valence-electron chi connectivity index (χ3n) is 6.57. The van der Waals surface area contributed by atoms with E-state index in [-0.39, 0.29) is 23.7 Å². The summed E-state index contributed by atoms with van der Waals surface area (Å²) in [4.78, 5) is 16.6. The predicted octanol–water partition coefficient (Wildman–Crippen LogP) is 5.38. The fourth-order valence-corrected chi connectivity index (χ4v) is 5.26. The molecular weight excluding hydrogens is 562 g/mol. The lowest BCUT2D eigenvalue weighted by Gasteiger charge is -2.11. The zero-order valence-corrected chi connectivity index (χ0v) is 23.6. The van der Waals surface area contributed by atoms with Crippen LogP contribution in [0, 0.1) is 11.6 Å². The largest absolute Gasteiger partial charge is 0.382 e. The lowest BCUT2D eigenvalue weighted by molar-refractivity contribution is 0.586. The number of pyridine rings is 2. The second-order valence-electron chi connectivity index (χ2n) is 10.3. The lowest BCUT2D eigenvalue weighted by atomic mass is 10.0. The Bertz CT molecular complexity index is 2070. The molecule has 6 aromatic rings. The van der Waals surface area contributed by atoms with Crippen LogP contribution in [0.2, 0.25) is 0 Å². The number of aromatic amines is 2. The van der Waals surface area contributed by atoms with Gasteiger partial charge >= 0.3 is 0 Å². The molecule has 42 heavy (non-hydrogen) atoms. The number of H-pyrrole nitrogens is 2. The van der Waals surface area contributed by atoms with Crippen LogP contribution >= 0.6 is 0 Å². The van der Waals surface area contributed by atoms with Gasteiger partial charge in [-0.05, 0) is 61.9 Å². The van der Waals surface area contributed by atoms with Gasteiger partial charge < -0.3 is 10.3 Å². The summed E-state index contributed by atoms with van der Waals surface area (Å²) in [5.41, 5.74) is 4.71. The quantitative estimate of drug-likeness (QED) is 0.187. The predicted molar refractivity (Wildman–Crippen MR) is 158 cm³/mol. The Balaban J connectivity index is 1.43. The molecule has 0 bridgehead atoms. The minimum absolute atomic E-state index is 0.0851. The van der Waals surface area contributed by atoms with Gasteiger partial charge in [0, 0.05) is 47.9 Å². The molecule has 0 saturated heterocycles. The monoisotopic (exact) mass is 588 g/mol. The van der Waals surface area contributed by atoms with E-state index in [0.29, 0.717) is 50.3 Å². The normalized spacial score (nSPS) is 12.0. The molecule has 214 valence electrons. The van der Waals surface area contributed by atoms with Crippen LogP contribution in [0.4, 0.5) is 14.5 Å². The number of halogens is 2. The van der Waals surface area contributed by atoms with Crippen molar-refractivity contribution < 1.29 is 17.2 Å². The van der Waals surface area contributed by atoms with Crippen molar-refractivity contribution in [3.63, 3.8) is 0 Å². The fourth-order valence-electron chi connectivity index (χ4n) is 4.83. The van der Waals surface area contributed by atoms with E-state index >= 15 is 4.39 Å². The van der Waals surface area contributed by atoms with Crippen LogP contribution in [0.15, 0.2) is 61.1 Å². The number of benzene rings is 2. The van der Waals surface area contributed by atoms with E-state index in [1.807, 2.05) is 19.9 Å². The van der Waals surface area contributed by atoms with E-state index < -0.39 is 21.7 Å². The fraction of sp³-hybridized carbons (Fsp3) is 0.172. The third kappa shape index (κ3) is 5.43. The summed E-state index contributed by atoms with van der Waals surface area (Å²) in [5, 5.41) is 10.8. The number of nitrogens with one attached hydrogen (secondary N) is 4. The van der Waals surface area contributed by atoms with Gasteiger partial charge in [0.15, 0.2) is 5.82 Å². The first-order valence-electron chi connectivity index (χ1n) is 13.0. The molecule has 13 heteroatoms. The van der Waals surface area contributed by atoms with Crippen LogP contribution in [-0.2, 0) is 16.6 Å². The van der Waals surface area contributed by atoms with E-state index in [4.69, 9.17) is 4.98 Å². The van der Waals surface area contributed by atoms with Gasteiger partial charge in [0.25, 0.3) is 0 Å². The second kappa shape index (κ2) is 10.6. The maximum atomic E-state index is 16.1. The van der Waals surface area contributed by atoms with Crippen molar-refractivity contribution in [1.29, 1.82) is 0 Å². The molecule has 0 aliphatic carbocycles. The summed E-state index contributed by atoms with van der Waals surface area (Å²) in [6.07, 6.45) is 5.87. The molecule has 0 amide bonds. The zero-order valence-electron chi connectivity index (χ0n) is 22.8. The molecular formula is C29H26F2N8O2S. The average molecular weight is 589 g/mol. The molecule has 4 N–H and O–H groups in total. The van der Waals surface area contributed by atoms with Crippen molar-refractivity contribution in [2.24, 2.45) is 0 Å². The first-order valence-corrected chi connectivity index (χ1v) is 14.9. The molecule has 4 aromatic heterocycles. The van der Waals surface area contributed by atoms with Crippen LogP contribution < -0.4 is 10.0 Å². The highest BCUT2D eigenvalue weighted by atomic mass is 32.2. The minimum Gasteiger partial charge on any atom is -0.382 e. The Morgan fingerprint density at radius 1 is 0.976 bits per heavy atom. The summed E-state index contributed by atoms with van der Waals surface area (Å²) in [6.45, 7) is 3.93. The third-order valence-corrected chi connectivity index (χ3v) is 7.23. The molecule has 0 saturated carbocycles. The average Bonchev–Trinajstić information content (AvgIpc) is 3.56. The Hall–Kier alpha value is -4.75. The van der Waals surface area contributed by atoms with Crippen molar-refractivity contribution in [3.05, 3.63) is 78.3 Å². The Morgan fingerprint density at radius 2 is 1.81 bits per heavy atom. The number of sulfonamides is 1. The molecule has 10 nitrogen and oxygen atoms in total. The minimum atomic E-state index is -3.47. The van der Waals surface area contributed by atoms with Crippen LogP contribution in [-0.4, -0.2) is 50.8 Å². The molecule has 0 aliphatic rings. The molecule has 6 rings (SSSR count). The number of fused-ring (bicyclic) bond motifs is 2. The van der Waals surface area contributed by atoms with Gasteiger partial charge in [-0.15, -0.1) is 0 Å². The number of hydrogen-bond acceptors (Lipinski definition) is 7. The molecule has 0 radical (unpaired) electrons. The molecule has 4 heterocycles. The van der Waals surface area contributed by atoms with E-state index in [2.05, 4.69) is 35.2 Å². The number of nitrogens with zero attached hydrogens (tertiary/aromatic N) is 4. The summed E-state index contributed by atoms with van der Waals surface area (Å²) >= 11 is 0. The van der Waals surface area contributed by atoms with Crippen LogP contribution in [0.1, 0.15) is 19.4 Å². The number of aromatic nitrogens is 6. The number of hydrogen-bond donors (Lipinski definition) is 4. The Morgan fingerprint density at radius 3 is 2.60 bits per heavy atom. The van der Waals surface area contributed by atoms with Crippen molar-refractivity contribution in [1.82, 2.24) is 34.9 Å². The first kappa shape index (κ1) is 27.4. The maximum absolute atomic E-state index is 16.1. The molecule has 0 fully saturated rings. The van der Waals surface area contributed by atoms with Crippen molar-refractivity contribution in [2.75, 3.05) is 11.6 Å². The number of anilines is 1. The van der Waals surface area contributed by atoms with Gasteiger partial charge in [-0.3, -0.25) is 15.1 Å². The van der Waals surface area contributed by atoms with Crippen molar-refractivity contribution >= 4 is 37.6 Å². The molecule has 2 aromatic carbocycles.